The van der Waals surface area contributed by atoms with Gasteiger partial charge in [-0.25, -0.2) is 4.39 Å². The molecule has 0 bridgehead atoms. The highest BCUT2D eigenvalue weighted by atomic mass is 19.1. The Labute approximate surface area is 109 Å². The van der Waals surface area contributed by atoms with Crippen LogP contribution in [-0.2, 0) is 6.61 Å². The summed E-state index contributed by atoms with van der Waals surface area (Å²) in [5.41, 5.74) is 1.44. The molecule has 0 spiro atoms. The van der Waals surface area contributed by atoms with Gasteiger partial charge in [-0.3, -0.25) is 0 Å². The normalized spacial score (nSPS) is 12.8. The lowest BCUT2D eigenvalue weighted by Gasteiger charge is -2.32. The second kappa shape index (κ2) is 6.71. The van der Waals surface area contributed by atoms with Crippen LogP contribution in [0, 0.1) is 5.82 Å². The Bertz CT molecular complexity index is 382. The van der Waals surface area contributed by atoms with Gasteiger partial charge < -0.3 is 14.9 Å². The molecule has 0 aliphatic heterocycles. The summed E-state index contributed by atoms with van der Waals surface area (Å²) in [6, 6.07) is 5.03. The second-order valence-corrected chi connectivity index (χ2v) is 4.87. The number of aliphatic hydroxyl groups is 1. The highest BCUT2D eigenvalue weighted by molar-refractivity contribution is 5.49. The number of aliphatic hydroxyl groups excluding tert-OH is 1. The number of halogens is 1. The summed E-state index contributed by atoms with van der Waals surface area (Å²) in [4.78, 5) is 4.25. The van der Waals surface area contributed by atoms with Crippen molar-refractivity contribution in [2.45, 2.75) is 26.5 Å². The maximum Gasteiger partial charge on any atom is 0.125 e. The van der Waals surface area contributed by atoms with E-state index in [1.54, 1.807) is 0 Å². The maximum absolute atomic E-state index is 13.5. The molecule has 0 aliphatic rings. The zero-order valence-electron chi connectivity index (χ0n) is 11.7. The van der Waals surface area contributed by atoms with Crippen molar-refractivity contribution in [2.24, 2.45) is 0 Å². The molecule has 1 aromatic carbocycles. The summed E-state index contributed by atoms with van der Waals surface area (Å²) in [6.07, 6.45) is 0. The predicted octanol–water partition coefficient (Wildman–Crippen LogP) is 2.09. The molecule has 1 N–H and O–H groups in total. The van der Waals surface area contributed by atoms with E-state index in [2.05, 4.69) is 23.6 Å². The Kier molecular flexibility index (Phi) is 5.56. The van der Waals surface area contributed by atoms with Crippen LogP contribution in [0.1, 0.15) is 19.4 Å². The molecule has 0 aromatic heterocycles. The lowest BCUT2D eigenvalue weighted by atomic mass is 10.1. The zero-order valence-corrected chi connectivity index (χ0v) is 11.7. The average molecular weight is 254 g/mol. The van der Waals surface area contributed by atoms with E-state index < -0.39 is 0 Å². The molecule has 1 atom stereocenters. The van der Waals surface area contributed by atoms with Gasteiger partial charge in [0.05, 0.1) is 6.61 Å². The van der Waals surface area contributed by atoms with Crippen LogP contribution in [0.15, 0.2) is 18.2 Å². The van der Waals surface area contributed by atoms with E-state index in [4.69, 9.17) is 5.11 Å². The van der Waals surface area contributed by atoms with Gasteiger partial charge in [0.2, 0.25) is 0 Å². The highest BCUT2D eigenvalue weighted by Crippen LogP contribution is 2.21. The fraction of sp³-hybridized carbons (Fsp3) is 0.571. The predicted molar refractivity (Wildman–Crippen MR) is 73.4 cm³/mol. The molecule has 1 aromatic rings. The van der Waals surface area contributed by atoms with Crippen molar-refractivity contribution in [1.82, 2.24) is 4.90 Å². The molecule has 0 saturated heterocycles. The first-order chi connectivity index (χ1) is 8.47. The molecule has 0 radical (unpaired) electrons. The standard InChI is InChI=1S/C14H23FN2O/c1-5-17(11(2)9-16(3)4)14-7-12(10-18)6-13(15)8-14/h6-8,11,18H,5,9-10H2,1-4H3. The number of anilines is 1. The van der Waals surface area contributed by atoms with Gasteiger partial charge >= 0.3 is 0 Å². The molecule has 0 aliphatic carbocycles. The van der Waals surface area contributed by atoms with Gasteiger partial charge in [0.1, 0.15) is 5.82 Å². The minimum Gasteiger partial charge on any atom is -0.392 e. The lowest BCUT2D eigenvalue weighted by molar-refractivity contribution is 0.281. The van der Waals surface area contributed by atoms with Crippen LogP contribution in [0.25, 0.3) is 0 Å². The molecule has 0 fully saturated rings. The molecular weight excluding hydrogens is 231 g/mol. The van der Waals surface area contributed by atoms with Gasteiger partial charge in [-0.05, 0) is 51.7 Å². The second-order valence-electron chi connectivity index (χ2n) is 4.87. The van der Waals surface area contributed by atoms with Crippen LogP contribution in [0.3, 0.4) is 0 Å². The fourth-order valence-electron chi connectivity index (χ4n) is 2.27. The molecule has 4 heteroatoms. The number of hydrogen-bond acceptors (Lipinski definition) is 3. The molecule has 1 rings (SSSR count). The highest BCUT2D eigenvalue weighted by Gasteiger charge is 2.15. The van der Waals surface area contributed by atoms with Gasteiger partial charge in [0.25, 0.3) is 0 Å². The quantitative estimate of drug-likeness (QED) is 0.842. The first kappa shape index (κ1) is 14.9. The Balaban J connectivity index is 2.97. The minimum absolute atomic E-state index is 0.135. The molecule has 0 saturated carbocycles. The van der Waals surface area contributed by atoms with Crippen LogP contribution in [0.2, 0.25) is 0 Å². The minimum atomic E-state index is -0.299. The van der Waals surface area contributed by atoms with Gasteiger partial charge in [0.15, 0.2) is 0 Å². The van der Waals surface area contributed by atoms with Crippen LogP contribution in [0.4, 0.5) is 10.1 Å². The lowest BCUT2D eigenvalue weighted by Crippen LogP contribution is -2.40. The molecule has 18 heavy (non-hydrogen) atoms. The van der Waals surface area contributed by atoms with Gasteiger partial charge in [0, 0.05) is 24.8 Å². The van der Waals surface area contributed by atoms with Crippen molar-refractivity contribution in [2.75, 3.05) is 32.1 Å². The van der Waals surface area contributed by atoms with Crippen LogP contribution in [0.5, 0.6) is 0 Å². The van der Waals surface area contributed by atoms with Crippen molar-refractivity contribution in [1.29, 1.82) is 0 Å². The van der Waals surface area contributed by atoms with Crippen LogP contribution in [-0.4, -0.2) is 43.2 Å². The summed E-state index contributed by atoms with van der Waals surface area (Å²) in [5.74, 6) is -0.299. The van der Waals surface area contributed by atoms with E-state index in [1.807, 2.05) is 20.2 Å². The van der Waals surface area contributed by atoms with Gasteiger partial charge in [-0.2, -0.15) is 0 Å². The van der Waals surface area contributed by atoms with E-state index >= 15 is 0 Å². The average Bonchev–Trinajstić information content (AvgIpc) is 2.28. The Hall–Kier alpha value is -1.13. The van der Waals surface area contributed by atoms with Crippen LogP contribution < -0.4 is 4.90 Å². The molecule has 1 unspecified atom stereocenters. The van der Waals surface area contributed by atoms with Crippen molar-refractivity contribution in [3.05, 3.63) is 29.6 Å². The maximum atomic E-state index is 13.5. The largest absolute Gasteiger partial charge is 0.392 e. The van der Waals surface area contributed by atoms with Gasteiger partial charge in [-0.1, -0.05) is 0 Å². The zero-order chi connectivity index (χ0) is 13.7. The molecule has 102 valence electrons. The fourth-order valence-corrected chi connectivity index (χ4v) is 2.27. The third-order valence-electron chi connectivity index (χ3n) is 2.96. The Morgan fingerprint density at radius 1 is 1.28 bits per heavy atom. The molecule has 3 nitrogen and oxygen atoms in total. The summed E-state index contributed by atoms with van der Waals surface area (Å²) in [6.45, 7) is 5.75. The number of benzene rings is 1. The molecular formula is C14H23FN2O. The van der Waals surface area contributed by atoms with Gasteiger partial charge in [-0.15, -0.1) is 0 Å². The number of hydrogen-bond donors (Lipinski definition) is 1. The number of rotatable bonds is 6. The first-order valence-corrected chi connectivity index (χ1v) is 6.29. The van der Waals surface area contributed by atoms with Crippen molar-refractivity contribution in [3.63, 3.8) is 0 Å². The number of nitrogens with zero attached hydrogens (tertiary/aromatic N) is 2. The van der Waals surface area contributed by atoms with E-state index in [1.165, 1.54) is 12.1 Å². The SMILES string of the molecule is CCN(c1cc(F)cc(CO)c1)C(C)CN(C)C. The summed E-state index contributed by atoms with van der Waals surface area (Å²) in [7, 11) is 4.05. The van der Waals surface area contributed by atoms with E-state index in [-0.39, 0.29) is 12.4 Å². The van der Waals surface area contributed by atoms with Crippen molar-refractivity contribution >= 4 is 5.69 Å². The van der Waals surface area contributed by atoms with E-state index in [9.17, 15) is 4.39 Å². The summed E-state index contributed by atoms with van der Waals surface area (Å²) >= 11 is 0. The smallest absolute Gasteiger partial charge is 0.125 e. The number of likely N-dealkylation sites (N-methyl/N-ethyl adjacent to an activating group) is 2. The molecule has 0 amide bonds. The first-order valence-electron chi connectivity index (χ1n) is 6.29. The Morgan fingerprint density at radius 3 is 2.44 bits per heavy atom. The summed E-state index contributed by atoms with van der Waals surface area (Å²) in [5, 5.41) is 9.13. The van der Waals surface area contributed by atoms with Crippen LogP contribution >= 0.6 is 0 Å². The third kappa shape index (κ3) is 3.96. The monoisotopic (exact) mass is 254 g/mol. The van der Waals surface area contributed by atoms with Crippen molar-refractivity contribution < 1.29 is 9.50 Å². The third-order valence-corrected chi connectivity index (χ3v) is 2.96. The van der Waals surface area contributed by atoms with E-state index in [0.717, 1.165) is 18.8 Å². The van der Waals surface area contributed by atoms with E-state index in [0.29, 0.717) is 11.6 Å². The van der Waals surface area contributed by atoms with Crippen molar-refractivity contribution in [3.8, 4) is 0 Å². The topological polar surface area (TPSA) is 26.7 Å². The molecule has 0 heterocycles. The Morgan fingerprint density at radius 2 is 1.94 bits per heavy atom. The summed E-state index contributed by atoms with van der Waals surface area (Å²) < 4.78 is 13.5.